The van der Waals surface area contributed by atoms with Gasteiger partial charge in [0.1, 0.15) is 5.02 Å². The van der Waals surface area contributed by atoms with Crippen molar-refractivity contribution < 1.29 is 4.79 Å². The molecule has 9 heteroatoms. The standard InChI is InChI=1S/C25H32ClN7O/c1-2-23(34)28-20-9-10-33(17-20)24-22(26)15-27-25(30-24)29-19-5-7-21(8-6-19)32-13-11-31(12-14-32)16-18-3-4-18/h2,5-8,15,18,20H,1,3-4,9-14,16-17H2,(H,28,34)(H,27,29,30)/t20-/m1/s1. The molecule has 2 saturated heterocycles. The minimum atomic E-state index is -0.161. The lowest BCUT2D eigenvalue weighted by Crippen LogP contribution is -2.47. The molecule has 1 amide bonds. The zero-order valence-corrected chi connectivity index (χ0v) is 20.2. The Balaban J connectivity index is 1.18. The molecule has 0 bridgehead atoms. The van der Waals surface area contributed by atoms with Crippen molar-refractivity contribution in [2.24, 2.45) is 5.92 Å². The lowest BCUT2D eigenvalue weighted by atomic mass is 10.2. The Morgan fingerprint density at radius 1 is 1.09 bits per heavy atom. The van der Waals surface area contributed by atoms with Crippen LogP contribution in [-0.2, 0) is 4.79 Å². The van der Waals surface area contributed by atoms with Crippen LogP contribution in [0.5, 0.6) is 0 Å². The summed E-state index contributed by atoms with van der Waals surface area (Å²) >= 11 is 6.40. The summed E-state index contributed by atoms with van der Waals surface area (Å²) in [5, 5.41) is 6.73. The van der Waals surface area contributed by atoms with Crippen LogP contribution >= 0.6 is 11.6 Å². The second-order valence-corrected chi connectivity index (χ2v) is 9.82. The van der Waals surface area contributed by atoms with Crippen LogP contribution in [-0.4, -0.2) is 72.6 Å². The number of amides is 1. The number of nitrogens with zero attached hydrogens (tertiary/aromatic N) is 5. The first kappa shape index (κ1) is 22.9. The Morgan fingerprint density at radius 2 is 1.85 bits per heavy atom. The number of hydrogen-bond acceptors (Lipinski definition) is 7. The monoisotopic (exact) mass is 481 g/mol. The smallest absolute Gasteiger partial charge is 0.243 e. The molecule has 180 valence electrons. The number of aromatic nitrogens is 2. The molecule has 3 heterocycles. The van der Waals surface area contributed by atoms with Gasteiger partial charge in [0.25, 0.3) is 0 Å². The summed E-state index contributed by atoms with van der Waals surface area (Å²) in [5.74, 6) is 1.97. The largest absolute Gasteiger partial charge is 0.369 e. The van der Waals surface area contributed by atoms with E-state index in [0.29, 0.717) is 23.3 Å². The van der Waals surface area contributed by atoms with Crippen LogP contribution in [0.3, 0.4) is 0 Å². The number of carbonyl (C=O) groups is 1. The summed E-state index contributed by atoms with van der Waals surface area (Å²) in [4.78, 5) is 27.8. The molecule has 1 aliphatic carbocycles. The predicted molar refractivity (Wildman–Crippen MR) is 137 cm³/mol. The molecule has 5 rings (SSSR count). The summed E-state index contributed by atoms with van der Waals surface area (Å²) < 4.78 is 0. The second kappa shape index (κ2) is 10.2. The summed E-state index contributed by atoms with van der Waals surface area (Å²) in [5.41, 5.74) is 2.18. The van der Waals surface area contributed by atoms with Crippen LogP contribution in [0, 0.1) is 5.92 Å². The van der Waals surface area contributed by atoms with E-state index in [1.807, 2.05) is 0 Å². The van der Waals surface area contributed by atoms with Crippen molar-refractivity contribution in [3.8, 4) is 0 Å². The van der Waals surface area contributed by atoms with Gasteiger partial charge in [-0.3, -0.25) is 9.69 Å². The topological polar surface area (TPSA) is 76.6 Å². The number of nitrogens with one attached hydrogen (secondary N) is 2. The molecule has 0 unspecified atom stereocenters. The molecule has 3 fully saturated rings. The number of rotatable bonds is 8. The summed E-state index contributed by atoms with van der Waals surface area (Å²) in [7, 11) is 0. The molecule has 0 radical (unpaired) electrons. The maximum Gasteiger partial charge on any atom is 0.243 e. The average molecular weight is 482 g/mol. The van der Waals surface area contributed by atoms with E-state index >= 15 is 0 Å². The molecule has 2 N–H and O–H groups in total. The van der Waals surface area contributed by atoms with E-state index in [1.165, 1.54) is 31.1 Å². The Hall–Kier alpha value is -2.84. The Morgan fingerprint density at radius 3 is 2.56 bits per heavy atom. The van der Waals surface area contributed by atoms with Crippen molar-refractivity contribution in [2.75, 3.05) is 60.9 Å². The average Bonchev–Trinajstić information content (AvgIpc) is 3.56. The highest BCUT2D eigenvalue weighted by Crippen LogP contribution is 2.31. The first-order valence-electron chi connectivity index (χ1n) is 12.1. The quantitative estimate of drug-likeness (QED) is 0.560. The Bertz CT molecular complexity index is 1020. The lowest BCUT2D eigenvalue weighted by molar-refractivity contribution is -0.117. The molecule has 8 nitrogen and oxygen atoms in total. The number of anilines is 4. The van der Waals surface area contributed by atoms with Gasteiger partial charge >= 0.3 is 0 Å². The SMILES string of the molecule is C=CC(=O)N[C@@H]1CCN(c2nc(Nc3ccc(N4CCN(CC5CC5)CC4)cc3)ncc2Cl)C1. The number of hydrogen-bond donors (Lipinski definition) is 2. The Labute approximate surface area is 206 Å². The van der Waals surface area contributed by atoms with Crippen LogP contribution in [0.15, 0.2) is 43.1 Å². The van der Waals surface area contributed by atoms with Crippen molar-refractivity contribution in [2.45, 2.75) is 25.3 Å². The van der Waals surface area contributed by atoms with E-state index < -0.39 is 0 Å². The van der Waals surface area contributed by atoms with Crippen molar-refractivity contribution in [1.29, 1.82) is 0 Å². The molecule has 3 aliphatic rings. The van der Waals surface area contributed by atoms with Gasteiger partial charge < -0.3 is 20.4 Å². The second-order valence-electron chi connectivity index (χ2n) is 9.41. The molecule has 1 aromatic carbocycles. The van der Waals surface area contributed by atoms with E-state index in [2.05, 4.69) is 66.1 Å². The van der Waals surface area contributed by atoms with Crippen molar-refractivity contribution >= 4 is 40.6 Å². The molecule has 1 saturated carbocycles. The molecule has 2 aliphatic heterocycles. The minimum Gasteiger partial charge on any atom is -0.369 e. The van der Waals surface area contributed by atoms with Gasteiger partial charge in [-0.2, -0.15) is 4.98 Å². The number of piperazine rings is 1. The third-order valence-electron chi connectivity index (χ3n) is 6.82. The van der Waals surface area contributed by atoms with Crippen LogP contribution < -0.4 is 20.4 Å². The highest BCUT2D eigenvalue weighted by molar-refractivity contribution is 6.32. The Kier molecular flexibility index (Phi) is 6.87. The van der Waals surface area contributed by atoms with Crippen LogP contribution in [0.1, 0.15) is 19.3 Å². The van der Waals surface area contributed by atoms with Crippen molar-refractivity contribution in [1.82, 2.24) is 20.2 Å². The first-order valence-corrected chi connectivity index (χ1v) is 12.5. The zero-order chi connectivity index (χ0) is 23.5. The van der Waals surface area contributed by atoms with E-state index in [1.54, 1.807) is 6.20 Å². The van der Waals surface area contributed by atoms with E-state index in [0.717, 1.165) is 50.7 Å². The highest BCUT2D eigenvalue weighted by Gasteiger charge is 2.27. The van der Waals surface area contributed by atoms with Crippen LogP contribution in [0.4, 0.5) is 23.1 Å². The zero-order valence-electron chi connectivity index (χ0n) is 19.4. The van der Waals surface area contributed by atoms with Gasteiger partial charge in [0, 0.05) is 63.2 Å². The lowest BCUT2D eigenvalue weighted by Gasteiger charge is -2.36. The molecule has 34 heavy (non-hydrogen) atoms. The third-order valence-corrected chi connectivity index (χ3v) is 7.09. The number of benzene rings is 1. The molecule has 1 aromatic heterocycles. The van der Waals surface area contributed by atoms with Crippen LogP contribution in [0.2, 0.25) is 5.02 Å². The minimum absolute atomic E-state index is 0.0519. The fourth-order valence-electron chi connectivity index (χ4n) is 4.71. The third kappa shape index (κ3) is 5.62. The van der Waals surface area contributed by atoms with Gasteiger partial charge in [0.05, 0.1) is 6.20 Å². The number of halogens is 1. The fraction of sp³-hybridized carbons (Fsp3) is 0.480. The van der Waals surface area contributed by atoms with Gasteiger partial charge in [-0.1, -0.05) is 18.2 Å². The van der Waals surface area contributed by atoms with Gasteiger partial charge in [0.15, 0.2) is 5.82 Å². The van der Waals surface area contributed by atoms with Crippen LogP contribution in [0.25, 0.3) is 0 Å². The summed E-state index contributed by atoms with van der Waals surface area (Å²) in [6, 6.07) is 8.50. The molecular formula is C25H32ClN7O. The van der Waals surface area contributed by atoms with Gasteiger partial charge in [-0.15, -0.1) is 0 Å². The predicted octanol–water partition coefficient (Wildman–Crippen LogP) is 3.29. The first-order chi connectivity index (χ1) is 16.6. The molecule has 2 aromatic rings. The molecule has 0 spiro atoms. The maximum atomic E-state index is 11.6. The highest BCUT2D eigenvalue weighted by atomic mass is 35.5. The van der Waals surface area contributed by atoms with E-state index in [-0.39, 0.29) is 11.9 Å². The van der Waals surface area contributed by atoms with E-state index in [4.69, 9.17) is 11.6 Å². The molecule has 1 atom stereocenters. The van der Waals surface area contributed by atoms with Crippen molar-refractivity contribution in [3.63, 3.8) is 0 Å². The maximum absolute atomic E-state index is 11.6. The fourth-order valence-corrected chi connectivity index (χ4v) is 4.92. The van der Waals surface area contributed by atoms with E-state index in [9.17, 15) is 4.79 Å². The van der Waals surface area contributed by atoms with Crippen molar-refractivity contribution in [3.05, 3.63) is 48.1 Å². The summed E-state index contributed by atoms with van der Waals surface area (Å²) in [6.45, 7) is 10.7. The summed E-state index contributed by atoms with van der Waals surface area (Å²) in [6.07, 6.45) is 6.58. The normalized spacial score (nSPS) is 20.9. The van der Waals surface area contributed by atoms with Gasteiger partial charge in [-0.25, -0.2) is 4.98 Å². The van der Waals surface area contributed by atoms with Gasteiger partial charge in [-0.05, 0) is 55.5 Å². The molecular weight excluding hydrogens is 450 g/mol. The van der Waals surface area contributed by atoms with Gasteiger partial charge in [0.2, 0.25) is 11.9 Å². The number of carbonyl (C=O) groups excluding carboxylic acids is 1.